The highest BCUT2D eigenvalue weighted by Crippen LogP contribution is 2.29. The van der Waals surface area contributed by atoms with E-state index in [2.05, 4.69) is 22.3 Å². The van der Waals surface area contributed by atoms with Crippen molar-refractivity contribution in [3.05, 3.63) is 76.9 Å². The van der Waals surface area contributed by atoms with Gasteiger partial charge in [0, 0.05) is 19.2 Å². The summed E-state index contributed by atoms with van der Waals surface area (Å²) in [6, 6.07) is 13.0. The summed E-state index contributed by atoms with van der Waals surface area (Å²) in [5.74, 6) is -0.349. The van der Waals surface area contributed by atoms with E-state index in [0.29, 0.717) is 12.1 Å². The molecule has 1 amide bonds. The molecule has 0 aliphatic carbocycles. The largest absolute Gasteiger partial charge is 0.416 e. The predicted molar refractivity (Wildman–Crippen MR) is 103 cm³/mol. The van der Waals surface area contributed by atoms with E-state index in [0.717, 1.165) is 37.3 Å². The van der Waals surface area contributed by atoms with E-state index in [4.69, 9.17) is 0 Å². The minimum atomic E-state index is -4.40. The first kappa shape index (κ1) is 20.1. The number of alkyl halides is 3. The monoisotopic (exact) mass is 388 g/mol. The number of nitrogens with zero attached hydrogens (tertiary/aromatic N) is 1. The van der Waals surface area contributed by atoms with Crippen molar-refractivity contribution in [1.29, 1.82) is 0 Å². The summed E-state index contributed by atoms with van der Waals surface area (Å²) in [5.41, 5.74) is 1.83. The minimum Gasteiger partial charge on any atom is -0.348 e. The van der Waals surface area contributed by atoms with E-state index in [1.54, 1.807) is 0 Å². The molecule has 2 aromatic carbocycles. The number of carbonyl (C=O) groups excluding carboxylic acids is 1. The van der Waals surface area contributed by atoms with Gasteiger partial charge >= 0.3 is 6.18 Å². The molecular formula is C22H23F3N2O. The van der Waals surface area contributed by atoms with Crippen molar-refractivity contribution >= 4 is 12.0 Å². The second kappa shape index (κ2) is 9.06. The number of rotatable bonds is 6. The van der Waals surface area contributed by atoms with Gasteiger partial charge in [-0.1, -0.05) is 36.4 Å². The van der Waals surface area contributed by atoms with Crippen LogP contribution in [0.3, 0.4) is 0 Å². The van der Waals surface area contributed by atoms with Crippen LogP contribution in [0.1, 0.15) is 35.1 Å². The van der Waals surface area contributed by atoms with Crippen LogP contribution in [0.15, 0.2) is 54.6 Å². The van der Waals surface area contributed by atoms with Crippen LogP contribution in [-0.2, 0) is 24.1 Å². The fourth-order valence-corrected chi connectivity index (χ4v) is 3.20. The van der Waals surface area contributed by atoms with Gasteiger partial charge in [-0.05, 0) is 60.8 Å². The quantitative estimate of drug-likeness (QED) is 0.732. The zero-order valence-electron chi connectivity index (χ0n) is 15.5. The molecule has 0 spiro atoms. The molecule has 0 saturated carbocycles. The Hall–Kier alpha value is -2.60. The van der Waals surface area contributed by atoms with Crippen LogP contribution in [0.2, 0.25) is 0 Å². The van der Waals surface area contributed by atoms with Crippen LogP contribution in [-0.4, -0.2) is 23.9 Å². The van der Waals surface area contributed by atoms with Gasteiger partial charge in [-0.3, -0.25) is 9.69 Å². The zero-order chi connectivity index (χ0) is 20.0. The topological polar surface area (TPSA) is 32.3 Å². The molecule has 6 heteroatoms. The molecule has 1 aliphatic heterocycles. The SMILES string of the molecule is O=C(/C=C/c1cccc(C(F)(F)F)c1)NCc1ccc(CN2CCCC2)cc1. The van der Waals surface area contributed by atoms with Crippen LogP contribution in [0.4, 0.5) is 13.2 Å². The highest BCUT2D eigenvalue weighted by atomic mass is 19.4. The van der Waals surface area contributed by atoms with E-state index in [-0.39, 0.29) is 5.91 Å². The lowest BCUT2D eigenvalue weighted by Gasteiger charge is -2.14. The van der Waals surface area contributed by atoms with Gasteiger partial charge in [0.1, 0.15) is 0 Å². The Morgan fingerprint density at radius 1 is 1.04 bits per heavy atom. The van der Waals surface area contributed by atoms with Crippen LogP contribution in [0.5, 0.6) is 0 Å². The average molecular weight is 388 g/mol. The first-order valence-corrected chi connectivity index (χ1v) is 9.33. The molecule has 0 atom stereocenters. The number of amides is 1. The van der Waals surface area contributed by atoms with Crippen LogP contribution < -0.4 is 5.32 Å². The Bertz CT molecular complexity index is 822. The van der Waals surface area contributed by atoms with Crippen molar-refractivity contribution in [2.45, 2.75) is 32.1 Å². The molecule has 28 heavy (non-hydrogen) atoms. The van der Waals surface area contributed by atoms with Crippen molar-refractivity contribution in [2.24, 2.45) is 0 Å². The van der Waals surface area contributed by atoms with E-state index < -0.39 is 11.7 Å². The molecule has 0 bridgehead atoms. The molecule has 1 N–H and O–H groups in total. The molecule has 1 saturated heterocycles. The number of hydrogen-bond acceptors (Lipinski definition) is 2. The minimum absolute atomic E-state index is 0.330. The highest BCUT2D eigenvalue weighted by Gasteiger charge is 2.30. The number of carbonyl (C=O) groups is 1. The number of halogens is 3. The van der Waals surface area contributed by atoms with Gasteiger partial charge in [-0.2, -0.15) is 13.2 Å². The lowest BCUT2D eigenvalue weighted by molar-refractivity contribution is -0.137. The van der Waals surface area contributed by atoms with Gasteiger partial charge in [0.2, 0.25) is 5.91 Å². The van der Waals surface area contributed by atoms with Crippen molar-refractivity contribution in [3.8, 4) is 0 Å². The summed E-state index contributed by atoms with van der Waals surface area (Å²) in [4.78, 5) is 14.4. The second-order valence-corrected chi connectivity index (χ2v) is 6.97. The van der Waals surface area contributed by atoms with Gasteiger partial charge in [0.25, 0.3) is 0 Å². The fraction of sp³-hybridized carbons (Fsp3) is 0.318. The normalized spacial score (nSPS) is 15.2. The fourth-order valence-electron chi connectivity index (χ4n) is 3.20. The molecule has 1 fully saturated rings. The number of benzene rings is 2. The van der Waals surface area contributed by atoms with Crippen LogP contribution in [0, 0.1) is 0 Å². The standard InChI is InChI=1S/C22H23F3N2O/c23-22(24,25)20-5-3-4-17(14-20)10-11-21(28)26-15-18-6-8-19(9-7-18)16-27-12-1-2-13-27/h3-11,14H,1-2,12-13,15-16H2,(H,26,28)/b11-10+. The maximum Gasteiger partial charge on any atom is 0.416 e. The molecule has 148 valence electrons. The van der Waals surface area contributed by atoms with Crippen molar-refractivity contribution in [2.75, 3.05) is 13.1 Å². The van der Waals surface area contributed by atoms with Crippen molar-refractivity contribution < 1.29 is 18.0 Å². The van der Waals surface area contributed by atoms with Crippen LogP contribution >= 0.6 is 0 Å². The molecule has 1 heterocycles. The van der Waals surface area contributed by atoms with Gasteiger partial charge in [0.15, 0.2) is 0 Å². The smallest absolute Gasteiger partial charge is 0.348 e. The number of hydrogen-bond donors (Lipinski definition) is 1. The molecule has 3 rings (SSSR count). The Balaban J connectivity index is 1.49. The Morgan fingerprint density at radius 3 is 2.39 bits per heavy atom. The summed E-state index contributed by atoms with van der Waals surface area (Å²) in [5, 5.41) is 2.75. The van der Waals surface area contributed by atoms with E-state index >= 15 is 0 Å². The third kappa shape index (κ3) is 5.96. The summed E-state index contributed by atoms with van der Waals surface area (Å²) in [6.07, 6.45) is 0.754. The maximum atomic E-state index is 12.7. The maximum absolute atomic E-state index is 12.7. The lowest BCUT2D eigenvalue weighted by atomic mass is 10.1. The Labute approximate surface area is 162 Å². The van der Waals surface area contributed by atoms with Gasteiger partial charge in [-0.25, -0.2) is 0 Å². The van der Waals surface area contributed by atoms with E-state index in [1.165, 1.54) is 42.7 Å². The third-order valence-electron chi connectivity index (χ3n) is 4.74. The van der Waals surface area contributed by atoms with Crippen molar-refractivity contribution in [3.63, 3.8) is 0 Å². The third-order valence-corrected chi connectivity index (χ3v) is 4.74. The Morgan fingerprint density at radius 2 is 1.71 bits per heavy atom. The molecule has 1 aliphatic rings. The predicted octanol–water partition coefficient (Wildman–Crippen LogP) is 4.63. The number of nitrogens with one attached hydrogen (secondary N) is 1. The zero-order valence-corrected chi connectivity index (χ0v) is 15.5. The van der Waals surface area contributed by atoms with Gasteiger partial charge < -0.3 is 5.32 Å². The van der Waals surface area contributed by atoms with Gasteiger partial charge in [0.05, 0.1) is 5.56 Å². The van der Waals surface area contributed by atoms with Crippen LogP contribution in [0.25, 0.3) is 6.08 Å². The molecule has 0 unspecified atom stereocenters. The van der Waals surface area contributed by atoms with E-state index in [1.807, 2.05) is 12.1 Å². The molecule has 2 aromatic rings. The second-order valence-electron chi connectivity index (χ2n) is 6.97. The Kier molecular flexibility index (Phi) is 6.52. The first-order chi connectivity index (χ1) is 13.4. The summed E-state index contributed by atoms with van der Waals surface area (Å²) in [7, 11) is 0. The summed E-state index contributed by atoms with van der Waals surface area (Å²) in [6.45, 7) is 3.62. The average Bonchev–Trinajstić information content (AvgIpc) is 3.18. The van der Waals surface area contributed by atoms with Crippen molar-refractivity contribution in [1.82, 2.24) is 10.2 Å². The summed E-state index contributed by atoms with van der Waals surface area (Å²) < 4.78 is 38.1. The molecular weight excluding hydrogens is 365 g/mol. The molecule has 0 radical (unpaired) electrons. The molecule has 3 nitrogen and oxygen atoms in total. The first-order valence-electron chi connectivity index (χ1n) is 9.33. The molecule has 0 aromatic heterocycles. The summed E-state index contributed by atoms with van der Waals surface area (Å²) >= 11 is 0. The number of likely N-dealkylation sites (tertiary alicyclic amines) is 1. The lowest BCUT2D eigenvalue weighted by Crippen LogP contribution is -2.20. The van der Waals surface area contributed by atoms with Gasteiger partial charge in [-0.15, -0.1) is 0 Å². The van der Waals surface area contributed by atoms with E-state index in [9.17, 15) is 18.0 Å². The highest BCUT2D eigenvalue weighted by molar-refractivity contribution is 5.91.